The van der Waals surface area contributed by atoms with E-state index in [1.54, 1.807) is 18.2 Å². The predicted octanol–water partition coefficient (Wildman–Crippen LogP) is 6.90. The van der Waals surface area contributed by atoms with Gasteiger partial charge in [0.15, 0.2) is 5.82 Å². The van der Waals surface area contributed by atoms with Crippen LogP contribution in [-0.2, 0) is 44.1 Å². The first-order valence-corrected chi connectivity index (χ1v) is 20.7. The van der Waals surface area contributed by atoms with Gasteiger partial charge in [0, 0.05) is 23.6 Å². The molecule has 0 unspecified atom stereocenters. The van der Waals surface area contributed by atoms with Crippen molar-refractivity contribution in [2.45, 2.75) is 94.3 Å². The highest BCUT2D eigenvalue weighted by molar-refractivity contribution is 7.93. The first-order valence-electron chi connectivity index (χ1n) is 19.2. The van der Waals surface area contributed by atoms with Crippen LogP contribution in [0.25, 0.3) is 22.0 Å². The molecule has 0 spiro atoms. The van der Waals surface area contributed by atoms with Crippen molar-refractivity contribution in [3.8, 4) is 11.1 Å². The fourth-order valence-electron chi connectivity index (χ4n) is 7.78. The third-order valence-electron chi connectivity index (χ3n) is 10.7. The minimum atomic E-state index is -4.32. The summed E-state index contributed by atoms with van der Waals surface area (Å²) in [5.74, 6) is -1.09. The summed E-state index contributed by atoms with van der Waals surface area (Å²) in [5, 5.41) is 7.97. The van der Waals surface area contributed by atoms with E-state index in [9.17, 15) is 18.0 Å². The number of benzene rings is 3. The van der Waals surface area contributed by atoms with Crippen molar-refractivity contribution in [1.29, 1.82) is 0 Å². The van der Waals surface area contributed by atoms with Gasteiger partial charge in [0.25, 0.3) is 15.9 Å². The van der Waals surface area contributed by atoms with Crippen molar-refractivity contribution < 1.29 is 27.5 Å². The number of sulfonamides is 1. The zero-order valence-corrected chi connectivity index (χ0v) is 32.1. The molecule has 7 rings (SSSR count). The van der Waals surface area contributed by atoms with Gasteiger partial charge in [-0.15, -0.1) is 6.58 Å². The van der Waals surface area contributed by atoms with Gasteiger partial charge in [0.2, 0.25) is 5.91 Å². The minimum absolute atomic E-state index is 0.0740. The van der Waals surface area contributed by atoms with E-state index < -0.39 is 21.8 Å². The Bertz CT molecular complexity index is 2290. The van der Waals surface area contributed by atoms with Gasteiger partial charge in [-0.2, -0.15) is 5.10 Å². The van der Waals surface area contributed by atoms with Gasteiger partial charge in [-0.1, -0.05) is 86.4 Å². The molecule has 2 aliphatic carbocycles. The number of fused-ring (bicyclic) bond motifs is 1. The molecular formula is C43H48N6O6S. The zero-order valence-electron chi connectivity index (χ0n) is 31.3. The largest absolute Gasteiger partial charge is 0.373 e. The summed E-state index contributed by atoms with van der Waals surface area (Å²) in [6.45, 7) is 4.50. The van der Waals surface area contributed by atoms with Crippen molar-refractivity contribution in [1.82, 2.24) is 20.1 Å². The molecule has 12 nitrogen and oxygen atoms in total. The van der Waals surface area contributed by atoms with E-state index >= 15 is 0 Å². The highest BCUT2D eigenvalue weighted by Crippen LogP contribution is 2.32. The number of rotatable bonds is 15. The summed E-state index contributed by atoms with van der Waals surface area (Å²) in [6, 6.07) is 25.7. The molecule has 4 N–H and O–H groups in total. The number of hydrogen-bond acceptors (Lipinski definition) is 8. The summed E-state index contributed by atoms with van der Waals surface area (Å²) in [6.07, 6.45) is 11.4. The number of nitrogens with one attached hydrogen (secondary N) is 2. The fraction of sp³-hybridized carbons (Fsp3) is 0.349. The van der Waals surface area contributed by atoms with Crippen LogP contribution in [0.5, 0.6) is 0 Å². The Hall–Kier alpha value is -5.37. The molecule has 2 aromatic heterocycles. The summed E-state index contributed by atoms with van der Waals surface area (Å²) in [7, 11) is -4.32. The van der Waals surface area contributed by atoms with Crippen LogP contribution in [0.3, 0.4) is 0 Å². The van der Waals surface area contributed by atoms with E-state index in [-0.39, 0.29) is 46.7 Å². The molecule has 2 fully saturated rings. The average Bonchev–Trinajstić information content (AvgIpc) is 3.61. The first-order chi connectivity index (χ1) is 27.2. The Morgan fingerprint density at radius 2 is 1.57 bits per heavy atom. The average molecular weight is 777 g/mol. The van der Waals surface area contributed by atoms with Gasteiger partial charge in [-0.3, -0.25) is 19.3 Å². The number of carbonyl (C=O) groups excluding carboxylic acids is 2. The van der Waals surface area contributed by atoms with Gasteiger partial charge in [0.05, 0.1) is 37.0 Å². The number of hydrogen-bond donors (Lipinski definition) is 3. The Labute approximate surface area is 327 Å². The molecule has 56 heavy (non-hydrogen) atoms. The van der Waals surface area contributed by atoms with Gasteiger partial charge in [0.1, 0.15) is 17.1 Å². The molecule has 0 saturated heterocycles. The number of primary amides is 1. The second-order valence-corrected chi connectivity index (χ2v) is 16.3. The van der Waals surface area contributed by atoms with Crippen LogP contribution in [0.15, 0.2) is 109 Å². The maximum Gasteiger partial charge on any atom is 0.267 e. The SMILES string of the molecule is C=C[C@H]1CCCC[C@@H]1OCc1cccc(-c2cc(S(=O)(=O)Nc3cc(C(N)=O)n(CC(=O)N[C@H]4CCCC[C@@H]4OCc4ccccc4)n3)c3ncccc3c2)c1. The minimum Gasteiger partial charge on any atom is -0.373 e. The lowest BCUT2D eigenvalue weighted by molar-refractivity contribution is -0.124. The monoisotopic (exact) mass is 776 g/mol. The van der Waals surface area contributed by atoms with E-state index in [2.05, 4.69) is 26.7 Å². The fourth-order valence-corrected chi connectivity index (χ4v) is 8.97. The second-order valence-electron chi connectivity index (χ2n) is 14.6. The van der Waals surface area contributed by atoms with E-state index in [0.29, 0.717) is 30.1 Å². The molecule has 0 aliphatic heterocycles. The van der Waals surface area contributed by atoms with E-state index in [1.165, 1.54) is 18.7 Å². The van der Waals surface area contributed by atoms with Gasteiger partial charge < -0.3 is 20.5 Å². The topological polar surface area (TPSA) is 168 Å². The number of ether oxygens (including phenoxy) is 2. The van der Waals surface area contributed by atoms with Crippen LogP contribution in [0.1, 0.15) is 73.0 Å². The maximum atomic E-state index is 14.1. The number of aromatic nitrogens is 3. The van der Waals surface area contributed by atoms with Crippen LogP contribution < -0.4 is 15.8 Å². The van der Waals surface area contributed by atoms with Crippen molar-refractivity contribution >= 4 is 38.6 Å². The van der Waals surface area contributed by atoms with E-state index in [0.717, 1.165) is 66.3 Å². The summed E-state index contributed by atoms with van der Waals surface area (Å²) in [5.41, 5.74) is 9.32. The van der Waals surface area contributed by atoms with Crippen molar-refractivity contribution in [3.05, 3.63) is 121 Å². The highest BCUT2D eigenvalue weighted by Gasteiger charge is 2.29. The standard InChI is InChI=1S/C43H48N6O6S/c1-2-31-15-6-8-19-37(31)54-28-30-14-10-16-32(22-30)34-23-33-17-11-21-45-42(33)39(24-34)56(52,53)48-40-25-36(43(44)51)49(47-40)26-41(50)46-35-18-7-9-20-38(35)55-27-29-12-4-3-5-13-29/h2-5,10-14,16-17,21-25,31,35,37-38H,1,6-9,15,18-20,26-28H2,(H2,44,51)(H,46,50)(H,47,48)/t31-,35-,37-,38-/m0/s1. The number of pyridine rings is 1. The molecule has 13 heteroatoms. The Balaban J connectivity index is 1.08. The summed E-state index contributed by atoms with van der Waals surface area (Å²) in [4.78, 5) is 30.2. The number of nitrogens with zero attached hydrogens (tertiary/aromatic N) is 3. The van der Waals surface area contributed by atoms with Crippen LogP contribution in [0.4, 0.5) is 5.82 Å². The third kappa shape index (κ3) is 9.35. The first kappa shape index (κ1) is 38.9. The molecule has 2 aliphatic rings. The number of carbonyl (C=O) groups is 2. The van der Waals surface area contributed by atoms with Crippen LogP contribution >= 0.6 is 0 Å². The predicted molar refractivity (Wildman–Crippen MR) is 215 cm³/mol. The Morgan fingerprint density at radius 3 is 2.38 bits per heavy atom. The second kappa shape index (κ2) is 17.6. The molecule has 2 heterocycles. The molecule has 2 amide bonds. The molecule has 0 radical (unpaired) electrons. The summed E-state index contributed by atoms with van der Waals surface area (Å²) >= 11 is 0. The number of amides is 2. The van der Waals surface area contributed by atoms with Crippen LogP contribution in [0, 0.1) is 5.92 Å². The Kier molecular flexibility index (Phi) is 12.2. The van der Waals surface area contributed by atoms with Crippen LogP contribution in [0.2, 0.25) is 0 Å². The highest BCUT2D eigenvalue weighted by atomic mass is 32.2. The summed E-state index contributed by atoms with van der Waals surface area (Å²) < 4.78 is 44.4. The zero-order chi connectivity index (χ0) is 39.1. The van der Waals surface area contributed by atoms with Gasteiger partial charge >= 0.3 is 0 Å². The smallest absolute Gasteiger partial charge is 0.267 e. The van der Waals surface area contributed by atoms with Gasteiger partial charge in [-0.05, 0) is 72.2 Å². The third-order valence-corrected chi connectivity index (χ3v) is 12.0. The lowest BCUT2D eigenvalue weighted by Gasteiger charge is -2.32. The number of nitrogens with two attached hydrogens (primary N) is 1. The Morgan fingerprint density at radius 1 is 0.839 bits per heavy atom. The lowest BCUT2D eigenvalue weighted by atomic mass is 9.86. The van der Waals surface area contributed by atoms with E-state index in [4.69, 9.17) is 15.2 Å². The van der Waals surface area contributed by atoms with Crippen molar-refractivity contribution in [3.63, 3.8) is 0 Å². The van der Waals surface area contributed by atoms with Crippen molar-refractivity contribution in [2.24, 2.45) is 11.7 Å². The molecule has 3 aromatic carbocycles. The van der Waals surface area contributed by atoms with Crippen LogP contribution in [-0.4, -0.2) is 53.2 Å². The molecule has 2 saturated carbocycles. The van der Waals surface area contributed by atoms with E-state index in [1.807, 2.05) is 66.7 Å². The normalized spacial score (nSPS) is 20.0. The lowest BCUT2D eigenvalue weighted by Crippen LogP contribution is -2.47. The molecule has 292 valence electrons. The molecule has 4 atom stereocenters. The quantitative estimate of drug-likeness (QED) is 0.0966. The van der Waals surface area contributed by atoms with Gasteiger partial charge in [-0.25, -0.2) is 13.1 Å². The molecular weight excluding hydrogens is 729 g/mol. The molecule has 5 aromatic rings. The number of anilines is 1. The van der Waals surface area contributed by atoms with Crippen molar-refractivity contribution in [2.75, 3.05) is 4.72 Å². The molecule has 0 bridgehead atoms. The maximum absolute atomic E-state index is 14.1.